The topological polar surface area (TPSA) is 133 Å². The second-order valence-electron chi connectivity index (χ2n) is 6.59. The van der Waals surface area contributed by atoms with Crippen LogP contribution in [0.4, 0.5) is 5.13 Å². The highest BCUT2D eigenvalue weighted by Crippen LogP contribution is 2.32. The molecule has 1 aromatic carbocycles. The number of nitrogens with one attached hydrogen (secondary N) is 2. The van der Waals surface area contributed by atoms with Gasteiger partial charge in [-0.1, -0.05) is 30.0 Å². The molecule has 2 N–H and O–H groups in total. The lowest BCUT2D eigenvalue weighted by Crippen LogP contribution is -2.24. The Kier molecular flexibility index (Phi) is 6.85. The lowest BCUT2D eigenvalue weighted by molar-refractivity contribution is -0.113. The molecule has 0 spiro atoms. The van der Waals surface area contributed by atoms with Gasteiger partial charge in [0.05, 0.1) is 12.3 Å². The summed E-state index contributed by atoms with van der Waals surface area (Å²) < 4.78 is 12.4. The van der Waals surface area contributed by atoms with Crippen molar-refractivity contribution < 1.29 is 19.1 Å². The van der Waals surface area contributed by atoms with E-state index < -0.39 is 0 Å². The summed E-state index contributed by atoms with van der Waals surface area (Å²) in [6.07, 6.45) is 0.774. The predicted octanol–water partition coefficient (Wildman–Crippen LogP) is 2.10. The first-order valence-corrected chi connectivity index (χ1v) is 11.7. The monoisotopic (exact) mass is 475 g/mol. The number of benzene rings is 1. The minimum Gasteiger partial charge on any atom is -0.454 e. The number of carbonyl (C=O) groups excluding carboxylic acids is 2. The van der Waals surface area contributed by atoms with Crippen molar-refractivity contribution >= 4 is 40.0 Å². The molecular weight excluding hydrogens is 454 g/mol. The standard InChI is InChI=1S/C19H21N7O4S2/c1-3-16-23-24-18(32-16)21-15(27)9-31-19-25-22-14(26(19)4-2)8-20-17(28)11-5-6-12-13(7-11)30-10-29-12/h5-7H,3-4,8-10H2,1-2H3,(H,20,28)(H,21,24,27). The molecule has 13 heteroatoms. The number of hydrogen-bond donors (Lipinski definition) is 2. The second kappa shape index (κ2) is 9.96. The third-order valence-corrected chi connectivity index (χ3v) is 6.45. The van der Waals surface area contributed by atoms with Gasteiger partial charge >= 0.3 is 0 Å². The molecule has 0 fully saturated rings. The second-order valence-corrected chi connectivity index (χ2v) is 8.59. The molecule has 3 aromatic rings. The molecule has 1 aliphatic rings. The number of thioether (sulfide) groups is 1. The van der Waals surface area contributed by atoms with Crippen LogP contribution in [0.25, 0.3) is 0 Å². The van der Waals surface area contributed by atoms with E-state index in [1.807, 2.05) is 18.4 Å². The molecule has 0 saturated carbocycles. The predicted molar refractivity (Wildman–Crippen MR) is 118 cm³/mol. The molecule has 2 amide bonds. The Balaban J connectivity index is 1.32. The Bertz CT molecular complexity index is 1130. The van der Waals surface area contributed by atoms with E-state index in [2.05, 4.69) is 31.0 Å². The van der Waals surface area contributed by atoms with Crippen molar-refractivity contribution in [1.29, 1.82) is 0 Å². The van der Waals surface area contributed by atoms with E-state index in [-0.39, 0.29) is 30.9 Å². The maximum Gasteiger partial charge on any atom is 0.251 e. The van der Waals surface area contributed by atoms with Gasteiger partial charge in [-0.05, 0) is 31.5 Å². The number of aryl methyl sites for hydroxylation is 1. The Labute approximate surface area is 191 Å². The Morgan fingerprint density at radius 3 is 2.78 bits per heavy atom. The van der Waals surface area contributed by atoms with E-state index in [4.69, 9.17) is 9.47 Å². The van der Waals surface area contributed by atoms with Crippen LogP contribution in [0.15, 0.2) is 23.4 Å². The zero-order valence-corrected chi connectivity index (χ0v) is 19.1. The van der Waals surface area contributed by atoms with Crippen LogP contribution < -0.4 is 20.1 Å². The molecule has 1 aliphatic heterocycles. The fraction of sp³-hybridized carbons (Fsp3) is 0.368. The van der Waals surface area contributed by atoms with Crippen LogP contribution in [0.2, 0.25) is 0 Å². The number of hydrogen-bond acceptors (Lipinski definition) is 10. The minimum absolute atomic E-state index is 0.152. The normalized spacial score (nSPS) is 12.1. The smallest absolute Gasteiger partial charge is 0.251 e. The number of amides is 2. The van der Waals surface area contributed by atoms with Crippen molar-refractivity contribution in [3.8, 4) is 11.5 Å². The van der Waals surface area contributed by atoms with E-state index in [1.54, 1.807) is 18.2 Å². The van der Waals surface area contributed by atoms with Gasteiger partial charge in [0.1, 0.15) is 5.01 Å². The third kappa shape index (κ3) is 4.99. The summed E-state index contributed by atoms with van der Waals surface area (Å²) in [4.78, 5) is 24.7. The summed E-state index contributed by atoms with van der Waals surface area (Å²) >= 11 is 2.62. The number of anilines is 1. The quantitative estimate of drug-likeness (QED) is 0.446. The van der Waals surface area contributed by atoms with Gasteiger partial charge in [-0.2, -0.15) is 0 Å². The summed E-state index contributed by atoms with van der Waals surface area (Å²) in [5, 5.41) is 23.8. The molecule has 168 valence electrons. The minimum atomic E-state index is -0.258. The van der Waals surface area contributed by atoms with Crippen LogP contribution in [0.5, 0.6) is 11.5 Å². The van der Waals surface area contributed by atoms with Gasteiger partial charge in [0.25, 0.3) is 5.91 Å². The van der Waals surface area contributed by atoms with Crippen molar-refractivity contribution in [1.82, 2.24) is 30.3 Å². The van der Waals surface area contributed by atoms with Gasteiger partial charge < -0.3 is 19.4 Å². The number of nitrogens with zero attached hydrogens (tertiary/aromatic N) is 5. The van der Waals surface area contributed by atoms with Crippen LogP contribution in [0.3, 0.4) is 0 Å². The number of aromatic nitrogens is 5. The molecule has 32 heavy (non-hydrogen) atoms. The molecule has 0 unspecified atom stereocenters. The summed E-state index contributed by atoms with van der Waals surface area (Å²) in [6.45, 7) is 4.88. The Morgan fingerprint density at radius 2 is 2.00 bits per heavy atom. The van der Waals surface area contributed by atoms with E-state index in [0.717, 1.165) is 11.4 Å². The van der Waals surface area contributed by atoms with Crippen molar-refractivity contribution in [3.63, 3.8) is 0 Å². The van der Waals surface area contributed by atoms with Crippen LogP contribution in [0.1, 0.15) is 35.0 Å². The molecule has 0 bridgehead atoms. The highest BCUT2D eigenvalue weighted by molar-refractivity contribution is 7.99. The fourth-order valence-electron chi connectivity index (χ4n) is 2.91. The third-order valence-electron chi connectivity index (χ3n) is 4.50. The molecule has 2 aromatic heterocycles. The largest absolute Gasteiger partial charge is 0.454 e. The van der Waals surface area contributed by atoms with Crippen molar-refractivity contribution in [2.75, 3.05) is 17.9 Å². The Morgan fingerprint density at radius 1 is 1.16 bits per heavy atom. The van der Waals surface area contributed by atoms with Crippen molar-refractivity contribution in [3.05, 3.63) is 34.6 Å². The number of fused-ring (bicyclic) bond motifs is 1. The van der Waals surface area contributed by atoms with Gasteiger partial charge in [0, 0.05) is 12.1 Å². The first kappa shape index (κ1) is 22.0. The van der Waals surface area contributed by atoms with E-state index in [1.165, 1.54) is 23.1 Å². The van der Waals surface area contributed by atoms with Crippen LogP contribution in [0, 0.1) is 0 Å². The van der Waals surface area contributed by atoms with E-state index in [9.17, 15) is 9.59 Å². The Hall–Kier alpha value is -3.19. The van der Waals surface area contributed by atoms with Gasteiger partial charge in [0.2, 0.25) is 17.8 Å². The molecule has 0 radical (unpaired) electrons. The highest BCUT2D eigenvalue weighted by Gasteiger charge is 2.18. The molecule has 0 aliphatic carbocycles. The summed E-state index contributed by atoms with van der Waals surface area (Å²) in [5.74, 6) is 1.47. The average Bonchev–Trinajstić information content (AvgIpc) is 3.54. The van der Waals surface area contributed by atoms with E-state index >= 15 is 0 Å². The molecule has 4 rings (SSSR count). The SMILES string of the molecule is CCc1nnc(NC(=O)CSc2nnc(CNC(=O)c3ccc4c(c3)OCO4)n2CC)s1. The maximum absolute atomic E-state index is 12.5. The fourth-order valence-corrected chi connectivity index (χ4v) is 4.42. The van der Waals surface area contributed by atoms with Crippen LogP contribution in [-0.4, -0.2) is 49.3 Å². The molecular formula is C19H21N7O4S2. The van der Waals surface area contributed by atoms with Gasteiger partial charge in [-0.15, -0.1) is 20.4 Å². The lowest BCUT2D eigenvalue weighted by atomic mass is 10.2. The zero-order valence-electron chi connectivity index (χ0n) is 17.5. The van der Waals surface area contributed by atoms with Crippen molar-refractivity contribution in [2.45, 2.75) is 38.5 Å². The summed E-state index contributed by atoms with van der Waals surface area (Å²) in [7, 11) is 0. The van der Waals surface area contributed by atoms with E-state index in [0.29, 0.717) is 39.7 Å². The average molecular weight is 476 g/mol. The first-order chi connectivity index (χ1) is 15.6. The van der Waals surface area contributed by atoms with Gasteiger partial charge in [0.15, 0.2) is 22.5 Å². The zero-order chi connectivity index (χ0) is 22.5. The summed E-state index contributed by atoms with van der Waals surface area (Å²) in [5.41, 5.74) is 0.464. The van der Waals surface area contributed by atoms with Gasteiger partial charge in [-0.25, -0.2) is 0 Å². The first-order valence-electron chi connectivity index (χ1n) is 9.92. The molecule has 11 nitrogen and oxygen atoms in total. The van der Waals surface area contributed by atoms with Crippen LogP contribution in [-0.2, 0) is 24.3 Å². The molecule has 0 saturated heterocycles. The molecule has 0 atom stereocenters. The highest BCUT2D eigenvalue weighted by atomic mass is 32.2. The number of carbonyl (C=O) groups is 2. The number of ether oxygens (including phenoxy) is 2. The lowest BCUT2D eigenvalue weighted by Gasteiger charge is -2.09. The maximum atomic E-state index is 12.5. The summed E-state index contributed by atoms with van der Waals surface area (Å²) in [6, 6.07) is 5.02. The van der Waals surface area contributed by atoms with Crippen LogP contribution >= 0.6 is 23.1 Å². The van der Waals surface area contributed by atoms with Gasteiger partial charge in [-0.3, -0.25) is 14.9 Å². The number of rotatable bonds is 9. The molecule has 3 heterocycles. The van der Waals surface area contributed by atoms with Crippen molar-refractivity contribution in [2.24, 2.45) is 0 Å².